The molecule has 0 aromatic heterocycles. The van der Waals surface area contributed by atoms with Gasteiger partial charge in [-0.3, -0.25) is 0 Å². The van der Waals surface area contributed by atoms with E-state index in [1.165, 1.54) is 16.7 Å². The van der Waals surface area contributed by atoms with Crippen LogP contribution in [-0.4, -0.2) is 24.3 Å². The number of thioether (sulfide) groups is 1. The van der Waals surface area contributed by atoms with Crippen molar-refractivity contribution in [1.29, 1.82) is 0 Å². The molecular formula is C31H27ClN2O2S. The van der Waals surface area contributed by atoms with E-state index in [-0.39, 0.29) is 6.04 Å². The highest BCUT2D eigenvalue weighted by molar-refractivity contribution is 8.16. The lowest BCUT2D eigenvalue weighted by Gasteiger charge is -2.40. The van der Waals surface area contributed by atoms with Gasteiger partial charge in [0.25, 0.3) is 0 Å². The highest BCUT2D eigenvalue weighted by Crippen LogP contribution is 2.51. The number of benzene rings is 3. The van der Waals surface area contributed by atoms with Crippen LogP contribution in [0.4, 0.5) is 0 Å². The van der Waals surface area contributed by atoms with E-state index in [0.29, 0.717) is 0 Å². The Kier molecular flexibility index (Phi) is 6.58. The van der Waals surface area contributed by atoms with E-state index in [4.69, 9.17) is 26.1 Å². The van der Waals surface area contributed by atoms with Gasteiger partial charge in [-0.25, -0.2) is 4.99 Å². The molecule has 0 bridgehead atoms. The first-order valence-corrected chi connectivity index (χ1v) is 13.6. The fourth-order valence-electron chi connectivity index (χ4n) is 5.23. The van der Waals surface area contributed by atoms with E-state index in [2.05, 4.69) is 52.8 Å². The van der Waals surface area contributed by atoms with Gasteiger partial charge in [0.15, 0.2) is 5.17 Å². The molecule has 1 unspecified atom stereocenters. The molecule has 0 saturated carbocycles. The van der Waals surface area contributed by atoms with E-state index in [9.17, 15) is 0 Å². The maximum Gasteiger partial charge on any atom is 0.174 e. The minimum atomic E-state index is 0.0601. The average Bonchev–Trinajstić information content (AvgIpc) is 3.36. The van der Waals surface area contributed by atoms with E-state index in [1.54, 1.807) is 26.0 Å². The summed E-state index contributed by atoms with van der Waals surface area (Å²) < 4.78 is 10.8. The van der Waals surface area contributed by atoms with Gasteiger partial charge in [0.2, 0.25) is 0 Å². The predicted molar refractivity (Wildman–Crippen MR) is 154 cm³/mol. The standard InChI is InChI=1S/C31H27ClN2O2S/c1-35-25-14-6-20(7-15-25)18-23-4-3-5-27-29(23)33-31-34(30(27)22-10-16-26(36-2)17-11-22)28(19-37-31)21-8-12-24(32)13-9-21/h6-19,30H,3-5H2,1-2H3. The molecule has 1 atom stereocenters. The van der Waals surface area contributed by atoms with Gasteiger partial charge in [-0.05, 0) is 89.6 Å². The van der Waals surface area contributed by atoms with Crippen molar-refractivity contribution < 1.29 is 9.47 Å². The van der Waals surface area contributed by atoms with Crippen LogP contribution in [0.2, 0.25) is 5.02 Å². The van der Waals surface area contributed by atoms with Crippen LogP contribution in [0.25, 0.3) is 11.8 Å². The Morgan fingerprint density at radius 1 is 0.892 bits per heavy atom. The molecule has 2 heterocycles. The molecule has 6 rings (SSSR count). The van der Waals surface area contributed by atoms with Crippen molar-refractivity contribution in [2.45, 2.75) is 25.3 Å². The van der Waals surface area contributed by atoms with Gasteiger partial charge in [-0.2, -0.15) is 0 Å². The third kappa shape index (κ3) is 4.58. The lowest BCUT2D eigenvalue weighted by molar-refractivity contribution is 0.413. The summed E-state index contributed by atoms with van der Waals surface area (Å²) >= 11 is 7.89. The number of aliphatic imine (C=N–C) groups is 1. The molecule has 4 nitrogen and oxygen atoms in total. The molecule has 0 spiro atoms. The zero-order valence-corrected chi connectivity index (χ0v) is 22.4. The van der Waals surface area contributed by atoms with Crippen LogP contribution in [0.5, 0.6) is 11.5 Å². The fraction of sp³-hybridized carbons (Fsp3) is 0.194. The highest BCUT2D eigenvalue weighted by Gasteiger charge is 2.40. The van der Waals surface area contributed by atoms with Crippen LogP contribution in [0.3, 0.4) is 0 Å². The first-order valence-electron chi connectivity index (χ1n) is 12.4. The lowest BCUT2D eigenvalue weighted by atomic mass is 9.82. The van der Waals surface area contributed by atoms with Crippen molar-refractivity contribution >= 4 is 40.3 Å². The molecule has 0 fully saturated rings. The summed E-state index contributed by atoms with van der Waals surface area (Å²) in [7, 11) is 3.40. The summed E-state index contributed by atoms with van der Waals surface area (Å²) in [5.41, 5.74) is 8.46. The quantitative estimate of drug-likeness (QED) is 0.334. The van der Waals surface area contributed by atoms with Gasteiger partial charge < -0.3 is 14.4 Å². The first kappa shape index (κ1) is 24.0. The Hall–Kier alpha value is -3.41. The van der Waals surface area contributed by atoms with Crippen molar-refractivity contribution in [3.63, 3.8) is 0 Å². The molecule has 3 aromatic rings. The molecule has 0 amide bonds. The second-order valence-corrected chi connectivity index (χ2v) is 10.5. The van der Waals surface area contributed by atoms with E-state index in [0.717, 1.165) is 63.5 Å². The number of rotatable bonds is 5. The number of methoxy groups -OCH3 is 2. The second-order valence-electron chi connectivity index (χ2n) is 9.24. The van der Waals surface area contributed by atoms with E-state index >= 15 is 0 Å². The minimum absolute atomic E-state index is 0.0601. The molecule has 186 valence electrons. The molecule has 2 aliphatic heterocycles. The molecule has 0 N–H and O–H groups in total. The van der Waals surface area contributed by atoms with Crippen LogP contribution >= 0.6 is 23.4 Å². The van der Waals surface area contributed by atoms with Gasteiger partial charge >= 0.3 is 0 Å². The van der Waals surface area contributed by atoms with E-state index in [1.807, 2.05) is 36.4 Å². The number of fused-ring (bicyclic) bond motifs is 1. The number of halogens is 1. The Balaban J connectivity index is 1.46. The van der Waals surface area contributed by atoms with Crippen LogP contribution < -0.4 is 9.47 Å². The Bertz CT molecular complexity index is 1440. The predicted octanol–water partition coefficient (Wildman–Crippen LogP) is 8.34. The van der Waals surface area contributed by atoms with Crippen molar-refractivity contribution in [3.8, 4) is 11.5 Å². The number of amidine groups is 1. The van der Waals surface area contributed by atoms with Crippen LogP contribution in [0.15, 0.2) is 100 Å². The van der Waals surface area contributed by atoms with Gasteiger partial charge in [-0.15, -0.1) is 0 Å². The first-order chi connectivity index (χ1) is 18.1. The van der Waals surface area contributed by atoms with Gasteiger partial charge in [-0.1, -0.05) is 59.8 Å². The highest BCUT2D eigenvalue weighted by atomic mass is 35.5. The van der Waals surface area contributed by atoms with Crippen molar-refractivity contribution in [3.05, 3.63) is 117 Å². The summed E-state index contributed by atoms with van der Waals surface area (Å²) in [5, 5.41) is 3.95. The average molecular weight is 527 g/mol. The SMILES string of the molecule is COc1ccc(C=C2CCCC3=C2N=C2SC=C(c4ccc(Cl)cc4)N2C3c2ccc(OC)cc2)cc1. The lowest BCUT2D eigenvalue weighted by Crippen LogP contribution is -2.34. The summed E-state index contributed by atoms with van der Waals surface area (Å²) in [6, 6.07) is 24.8. The normalized spacial score (nSPS) is 19.8. The smallest absolute Gasteiger partial charge is 0.174 e. The number of nitrogens with zero attached hydrogens (tertiary/aromatic N) is 2. The van der Waals surface area contributed by atoms with Crippen molar-refractivity contribution in [2.24, 2.45) is 4.99 Å². The summed E-state index contributed by atoms with van der Waals surface area (Å²) in [5.74, 6) is 1.72. The Morgan fingerprint density at radius 2 is 1.57 bits per heavy atom. The maximum atomic E-state index is 6.20. The third-order valence-corrected chi connectivity index (χ3v) is 8.16. The monoisotopic (exact) mass is 526 g/mol. The summed E-state index contributed by atoms with van der Waals surface area (Å²) in [6.07, 6.45) is 5.40. The molecule has 3 aromatic carbocycles. The molecule has 1 aliphatic carbocycles. The zero-order chi connectivity index (χ0) is 25.4. The Labute approximate surface area is 227 Å². The van der Waals surface area contributed by atoms with Crippen LogP contribution in [0, 0.1) is 0 Å². The number of ether oxygens (including phenoxy) is 2. The van der Waals surface area contributed by atoms with Crippen molar-refractivity contribution in [1.82, 2.24) is 4.90 Å². The maximum absolute atomic E-state index is 6.20. The van der Waals surface area contributed by atoms with Crippen LogP contribution in [0.1, 0.15) is 42.0 Å². The van der Waals surface area contributed by atoms with E-state index < -0.39 is 0 Å². The van der Waals surface area contributed by atoms with Gasteiger partial charge in [0.05, 0.1) is 31.7 Å². The zero-order valence-electron chi connectivity index (χ0n) is 20.8. The van der Waals surface area contributed by atoms with Gasteiger partial charge in [0.1, 0.15) is 11.5 Å². The summed E-state index contributed by atoms with van der Waals surface area (Å²) in [6.45, 7) is 0. The minimum Gasteiger partial charge on any atom is -0.497 e. The molecule has 0 radical (unpaired) electrons. The summed E-state index contributed by atoms with van der Waals surface area (Å²) in [4.78, 5) is 7.66. The molecule has 37 heavy (non-hydrogen) atoms. The Morgan fingerprint density at radius 3 is 2.24 bits per heavy atom. The molecular weight excluding hydrogens is 500 g/mol. The molecule has 0 saturated heterocycles. The number of allylic oxidation sites excluding steroid dienone is 1. The van der Waals surface area contributed by atoms with Crippen molar-refractivity contribution in [2.75, 3.05) is 14.2 Å². The third-order valence-electron chi connectivity index (χ3n) is 7.07. The fourth-order valence-corrected chi connectivity index (χ4v) is 6.29. The second kappa shape index (κ2) is 10.2. The number of hydrogen-bond donors (Lipinski definition) is 0. The molecule has 3 aliphatic rings. The molecule has 6 heteroatoms. The number of hydrogen-bond acceptors (Lipinski definition) is 5. The van der Waals surface area contributed by atoms with Gasteiger partial charge in [0, 0.05) is 10.4 Å². The van der Waals surface area contributed by atoms with Crippen LogP contribution in [-0.2, 0) is 0 Å². The topological polar surface area (TPSA) is 34.1 Å². The largest absolute Gasteiger partial charge is 0.497 e.